The van der Waals surface area contributed by atoms with Crippen LogP contribution in [0.15, 0.2) is 11.6 Å². The highest BCUT2D eigenvalue weighted by Crippen LogP contribution is 2.26. The highest BCUT2D eigenvalue weighted by Gasteiger charge is 2.39. The molecule has 0 spiro atoms. The number of thiazole rings is 1. The lowest BCUT2D eigenvalue weighted by molar-refractivity contribution is -0.128. The fourth-order valence-electron chi connectivity index (χ4n) is 2.50. The highest BCUT2D eigenvalue weighted by atomic mass is 32.1. The molecule has 1 amide bonds. The van der Waals surface area contributed by atoms with Gasteiger partial charge in [0.1, 0.15) is 5.01 Å². The van der Waals surface area contributed by atoms with E-state index in [1.54, 1.807) is 17.5 Å². The van der Waals surface area contributed by atoms with Crippen molar-refractivity contribution in [1.82, 2.24) is 15.6 Å². The van der Waals surface area contributed by atoms with Crippen molar-refractivity contribution in [3.05, 3.63) is 16.6 Å². The molecule has 1 aliphatic heterocycles. The molecule has 0 bridgehead atoms. The van der Waals surface area contributed by atoms with E-state index in [2.05, 4.69) is 29.5 Å². The Morgan fingerprint density at radius 2 is 2.50 bits per heavy atom. The molecule has 2 unspecified atom stereocenters. The molecule has 0 aromatic carbocycles. The number of aromatic nitrogens is 1. The Morgan fingerprint density at radius 3 is 3.00 bits per heavy atom. The molecule has 1 fully saturated rings. The molecule has 1 aliphatic rings. The van der Waals surface area contributed by atoms with Crippen LogP contribution in [0.3, 0.4) is 0 Å². The quantitative estimate of drug-likeness (QED) is 0.860. The summed E-state index contributed by atoms with van der Waals surface area (Å²) in [5.41, 5.74) is -0.356. The molecular formula is C13H21N3OS. The van der Waals surface area contributed by atoms with Crippen LogP contribution in [-0.4, -0.2) is 23.0 Å². The summed E-state index contributed by atoms with van der Waals surface area (Å²) in [6.45, 7) is 5.09. The van der Waals surface area contributed by atoms with Crippen LogP contribution >= 0.6 is 11.3 Å². The van der Waals surface area contributed by atoms with Crippen LogP contribution in [-0.2, 0) is 4.79 Å². The van der Waals surface area contributed by atoms with Gasteiger partial charge in [0, 0.05) is 11.6 Å². The van der Waals surface area contributed by atoms with Gasteiger partial charge in [-0.05, 0) is 32.2 Å². The lowest BCUT2D eigenvalue weighted by Crippen LogP contribution is -2.53. The molecule has 2 rings (SSSR count). The Morgan fingerprint density at radius 1 is 1.67 bits per heavy atom. The Bertz CT molecular complexity index is 385. The Labute approximate surface area is 112 Å². The maximum atomic E-state index is 12.5. The summed E-state index contributed by atoms with van der Waals surface area (Å²) in [5.74, 6) is 0.129. The average Bonchev–Trinajstić information content (AvgIpc) is 3.06. The third-order valence-corrected chi connectivity index (χ3v) is 4.63. The minimum Gasteiger partial charge on any atom is -0.345 e. The molecule has 0 radical (unpaired) electrons. The van der Waals surface area contributed by atoms with Crippen LogP contribution in [0.1, 0.15) is 50.6 Å². The zero-order valence-electron chi connectivity index (χ0n) is 11.0. The molecule has 2 atom stereocenters. The predicted octanol–water partition coefficient (Wildman–Crippen LogP) is 2.24. The molecule has 2 heterocycles. The van der Waals surface area contributed by atoms with Crippen molar-refractivity contribution in [2.75, 3.05) is 6.54 Å². The van der Waals surface area contributed by atoms with Gasteiger partial charge in [0.05, 0.1) is 11.6 Å². The first kappa shape index (κ1) is 13.5. The van der Waals surface area contributed by atoms with Crippen LogP contribution in [0.25, 0.3) is 0 Å². The van der Waals surface area contributed by atoms with Crippen molar-refractivity contribution >= 4 is 17.2 Å². The zero-order chi connectivity index (χ0) is 13.0. The first-order valence-corrected chi connectivity index (χ1v) is 7.55. The van der Waals surface area contributed by atoms with Gasteiger partial charge >= 0.3 is 0 Å². The fraction of sp³-hybridized carbons (Fsp3) is 0.692. The summed E-state index contributed by atoms with van der Waals surface area (Å²) in [6, 6.07) is 0.0447. The van der Waals surface area contributed by atoms with Crippen molar-refractivity contribution in [3.63, 3.8) is 0 Å². The van der Waals surface area contributed by atoms with Gasteiger partial charge in [0.2, 0.25) is 5.91 Å². The molecule has 1 saturated heterocycles. The first-order valence-electron chi connectivity index (χ1n) is 6.67. The fourth-order valence-corrected chi connectivity index (χ4v) is 3.28. The van der Waals surface area contributed by atoms with Crippen molar-refractivity contribution in [2.24, 2.45) is 0 Å². The first-order chi connectivity index (χ1) is 8.72. The lowest BCUT2D eigenvalue weighted by atomic mass is 9.92. The van der Waals surface area contributed by atoms with Crippen LogP contribution in [0.2, 0.25) is 0 Å². The number of hydrogen-bond donors (Lipinski definition) is 2. The normalized spacial score (nSPS) is 25.0. The monoisotopic (exact) mass is 267 g/mol. The summed E-state index contributed by atoms with van der Waals surface area (Å²) in [5, 5.41) is 9.46. The van der Waals surface area contributed by atoms with Gasteiger partial charge in [0.25, 0.3) is 0 Å². The van der Waals surface area contributed by atoms with E-state index >= 15 is 0 Å². The molecular weight excluding hydrogens is 246 g/mol. The van der Waals surface area contributed by atoms with E-state index in [0.717, 1.165) is 37.2 Å². The van der Waals surface area contributed by atoms with E-state index in [9.17, 15) is 4.79 Å². The number of amides is 1. The summed E-state index contributed by atoms with van der Waals surface area (Å²) in [6.07, 6.45) is 5.52. The van der Waals surface area contributed by atoms with Crippen LogP contribution in [0.4, 0.5) is 0 Å². The minimum absolute atomic E-state index is 0.0447. The number of nitrogens with one attached hydrogen (secondary N) is 2. The summed E-state index contributed by atoms with van der Waals surface area (Å²) >= 11 is 1.60. The van der Waals surface area contributed by atoms with Gasteiger partial charge in [-0.2, -0.15) is 0 Å². The second kappa shape index (κ2) is 5.80. The summed E-state index contributed by atoms with van der Waals surface area (Å²) in [4.78, 5) is 16.8. The topological polar surface area (TPSA) is 54.0 Å². The second-order valence-electron chi connectivity index (χ2n) is 4.77. The molecule has 100 valence electrons. The number of nitrogens with zero attached hydrogens (tertiary/aromatic N) is 1. The maximum Gasteiger partial charge on any atom is 0.240 e. The predicted molar refractivity (Wildman–Crippen MR) is 73.5 cm³/mol. The maximum absolute atomic E-state index is 12.5. The van der Waals surface area contributed by atoms with Crippen molar-refractivity contribution < 1.29 is 4.79 Å². The van der Waals surface area contributed by atoms with E-state index in [4.69, 9.17) is 0 Å². The van der Waals surface area contributed by atoms with Gasteiger partial charge in [-0.25, -0.2) is 4.98 Å². The standard InChI is InChI=1S/C13H21N3OS/c1-3-10(11-14-8-9-18-11)16-12(17)13(4-2)6-5-7-15-13/h8-10,15H,3-7H2,1-2H3,(H,16,17). The molecule has 18 heavy (non-hydrogen) atoms. The Kier molecular flexibility index (Phi) is 4.35. The van der Waals surface area contributed by atoms with Gasteiger partial charge in [0.15, 0.2) is 0 Å². The molecule has 0 saturated carbocycles. The van der Waals surface area contributed by atoms with E-state index in [1.165, 1.54) is 0 Å². The molecule has 2 N–H and O–H groups in total. The Hall–Kier alpha value is -0.940. The van der Waals surface area contributed by atoms with Crippen molar-refractivity contribution in [1.29, 1.82) is 0 Å². The summed E-state index contributed by atoms with van der Waals surface area (Å²) < 4.78 is 0. The third kappa shape index (κ3) is 2.57. The largest absolute Gasteiger partial charge is 0.345 e. The zero-order valence-corrected chi connectivity index (χ0v) is 11.8. The number of hydrogen-bond acceptors (Lipinski definition) is 4. The molecule has 5 heteroatoms. The van der Waals surface area contributed by atoms with Gasteiger partial charge in [-0.15, -0.1) is 11.3 Å². The Balaban J connectivity index is 2.05. The third-order valence-electron chi connectivity index (χ3n) is 3.75. The van der Waals surface area contributed by atoms with E-state index in [1.807, 2.05) is 5.38 Å². The molecule has 1 aromatic heterocycles. The van der Waals surface area contributed by atoms with E-state index in [0.29, 0.717) is 0 Å². The van der Waals surface area contributed by atoms with E-state index < -0.39 is 0 Å². The van der Waals surface area contributed by atoms with Gasteiger partial charge in [-0.3, -0.25) is 4.79 Å². The van der Waals surface area contributed by atoms with Gasteiger partial charge < -0.3 is 10.6 Å². The highest BCUT2D eigenvalue weighted by molar-refractivity contribution is 7.09. The number of carbonyl (C=O) groups is 1. The summed E-state index contributed by atoms with van der Waals surface area (Å²) in [7, 11) is 0. The number of rotatable bonds is 5. The van der Waals surface area contributed by atoms with Gasteiger partial charge in [-0.1, -0.05) is 13.8 Å². The van der Waals surface area contributed by atoms with Crippen LogP contribution < -0.4 is 10.6 Å². The molecule has 1 aromatic rings. The average molecular weight is 267 g/mol. The van der Waals surface area contributed by atoms with Crippen LogP contribution in [0, 0.1) is 0 Å². The second-order valence-corrected chi connectivity index (χ2v) is 5.70. The van der Waals surface area contributed by atoms with E-state index in [-0.39, 0.29) is 17.5 Å². The molecule has 4 nitrogen and oxygen atoms in total. The molecule has 0 aliphatic carbocycles. The SMILES string of the molecule is CCC(NC(=O)C1(CC)CCCN1)c1nccs1. The lowest BCUT2D eigenvalue weighted by Gasteiger charge is -2.28. The van der Waals surface area contributed by atoms with Crippen molar-refractivity contribution in [2.45, 2.75) is 51.1 Å². The minimum atomic E-state index is -0.356. The van der Waals surface area contributed by atoms with Crippen molar-refractivity contribution in [3.8, 4) is 0 Å². The number of carbonyl (C=O) groups excluding carboxylic acids is 1. The smallest absolute Gasteiger partial charge is 0.240 e. The van der Waals surface area contributed by atoms with Crippen LogP contribution in [0.5, 0.6) is 0 Å².